The number of alkyl halides is 3. The third-order valence-electron chi connectivity index (χ3n) is 3.58. The van der Waals surface area contributed by atoms with Gasteiger partial charge in [0.1, 0.15) is 6.54 Å². The summed E-state index contributed by atoms with van der Waals surface area (Å²) in [7, 11) is 0. The number of amides is 1. The molecule has 10 heteroatoms. The Labute approximate surface area is 159 Å². The van der Waals surface area contributed by atoms with Gasteiger partial charge in [-0.05, 0) is 30.3 Å². The minimum Gasteiger partial charge on any atom is -0.480 e. The van der Waals surface area contributed by atoms with Gasteiger partial charge in [0.15, 0.2) is 4.80 Å². The fourth-order valence-electron chi connectivity index (χ4n) is 2.46. The first-order chi connectivity index (χ1) is 12.7. The number of carbonyl (C=O) groups is 2. The quantitative estimate of drug-likeness (QED) is 0.698. The molecular weight excluding hydrogens is 405 g/mol. The van der Waals surface area contributed by atoms with E-state index in [1.54, 1.807) is 6.07 Å². The van der Waals surface area contributed by atoms with Gasteiger partial charge in [0.25, 0.3) is 5.91 Å². The highest BCUT2D eigenvalue weighted by Gasteiger charge is 2.33. The molecule has 0 aliphatic rings. The summed E-state index contributed by atoms with van der Waals surface area (Å²) in [4.78, 5) is 27.2. The van der Waals surface area contributed by atoms with E-state index < -0.39 is 30.2 Å². The van der Waals surface area contributed by atoms with Crippen LogP contribution in [-0.2, 0) is 17.5 Å². The lowest BCUT2D eigenvalue weighted by Crippen LogP contribution is -2.21. The van der Waals surface area contributed by atoms with E-state index in [9.17, 15) is 22.8 Å². The van der Waals surface area contributed by atoms with Crippen molar-refractivity contribution in [3.63, 3.8) is 0 Å². The molecule has 0 unspecified atom stereocenters. The zero-order valence-corrected chi connectivity index (χ0v) is 14.9. The van der Waals surface area contributed by atoms with E-state index in [-0.39, 0.29) is 20.6 Å². The number of nitrogens with zero attached hydrogens (tertiary/aromatic N) is 2. The summed E-state index contributed by atoms with van der Waals surface area (Å²) in [5, 5.41) is 9.40. The fourth-order valence-corrected chi connectivity index (χ4v) is 3.81. The predicted octanol–water partition coefficient (Wildman–Crippen LogP) is 4.20. The van der Waals surface area contributed by atoms with Gasteiger partial charge in [0, 0.05) is 10.6 Å². The standard InChI is InChI=1S/C17H10ClF3N2O3S/c18-10-4-1-3-9(7-10)15(26)22-16-23(8-13(24)25)12-6-2-5-11(14(12)27-16)17(19,20)21/h1-7H,8H2,(H,24,25)/b22-16-. The number of halogens is 4. The first-order valence-corrected chi connectivity index (χ1v) is 8.62. The molecule has 2 aromatic carbocycles. The minimum atomic E-state index is -4.63. The number of rotatable bonds is 3. The van der Waals surface area contributed by atoms with Gasteiger partial charge in [-0.25, -0.2) is 0 Å². The summed E-state index contributed by atoms with van der Waals surface area (Å²) in [6.07, 6.45) is -4.63. The molecule has 5 nitrogen and oxygen atoms in total. The number of hydrogen-bond donors (Lipinski definition) is 1. The third kappa shape index (κ3) is 4.04. The van der Waals surface area contributed by atoms with Gasteiger partial charge in [0.2, 0.25) is 0 Å². The Morgan fingerprint density at radius 1 is 1.19 bits per heavy atom. The lowest BCUT2D eigenvalue weighted by atomic mass is 10.2. The van der Waals surface area contributed by atoms with Crippen LogP contribution in [0.15, 0.2) is 47.5 Å². The molecule has 1 aromatic heterocycles. The number of aromatic nitrogens is 1. The van der Waals surface area contributed by atoms with Gasteiger partial charge in [-0.1, -0.05) is 35.1 Å². The van der Waals surface area contributed by atoms with Crippen molar-refractivity contribution in [2.24, 2.45) is 4.99 Å². The second-order valence-corrected chi connectivity index (χ2v) is 6.86. The Balaban J connectivity index is 2.25. The SMILES string of the molecule is O=C(O)Cn1/c(=N/C(=O)c2cccc(Cl)c2)sc2c(C(F)(F)F)cccc21. The van der Waals surface area contributed by atoms with Crippen LogP contribution in [-0.4, -0.2) is 21.6 Å². The van der Waals surface area contributed by atoms with Crippen molar-refractivity contribution in [2.75, 3.05) is 0 Å². The Morgan fingerprint density at radius 2 is 1.89 bits per heavy atom. The summed E-state index contributed by atoms with van der Waals surface area (Å²) in [5.74, 6) is -2.01. The van der Waals surface area contributed by atoms with Crippen molar-refractivity contribution in [3.05, 3.63) is 63.4 Å². The maximum Gasteiger partial charge on any atom is 0.417 e. The van der Waals surface area contributed by atoms with Crippen molar-refractivity contribution < 1.29 is 27.9 Å². The average molecular weight is 415 g/mol. The van der Waals surface area contributed by atoms with Crippen LogP contribution in [0.1, 0.15) is 15.9 Å². The Morgan fingerprint density at radius 3 is 2.52 bits per heavy atom. The van der Waals surface area contributed by atoms with E-state index in [0.717, 1.165) is 10.6 Å². The van der Waals surface area contributed by atoms with Crippen LogP contribution in [0.3, 0.4) is 0 Å². The van der Waals surface area contributed by atoms with Crippen molar-refractivity contribution in [2.45, 2.75) is 12.7 Å². The molecule has 0 spiro atoms. The number of aliphatic carboxylic acids is 1. The molecule has 0 aliphatic carbocycles. The molecule has 0 radical (unpaired) electrons. The van der Waals surface area contributed by atoms with Crippen molar-refractivity contribution in [1.82, 2.24) is 4.57 Å². The van der Waals surface area contributed by atoms with Crippen molar-refractivity contribution >= 4 is 45.0 Å². The van der Waals surface area contributed by atoms with Crippen molar-refractivity contribution in [3.8, 4) is 0 Å². The summed E-state index contributed by atoms with van der Waals surface area (Å²) < 4.78 is 40.7. The zero-order chi connectivity index (χ0) is 19.8. The topological polar surface area (TPSA) is 71.7 Å². The number of thiazole rings is 1. The molecule has 3 rings (SSSR count). The summed E-state index contributed by atoms with van der Waals surface area (Å²) in [6.45, 7) is -0.636. The summed E-state index contributed by atoms with van der Waals surface area (Å²) in [6, 6.07) is 9.33. The van der Waals surface area contributed by atoms with Crippen LogP contribution in [0.4, 0.5) is 13.2 Å². The van der Waals surface area contributed by atoms with Gasteiger partial charge in [-0.15, -0.1) is 0 Å². The molecule has 140 valence electrons. The van der Waals surface area contributed by atoms with E-state index >= 15 is 0 Å². The van der Waals surface area contributed by atoms with E-state index in [1.807, 2.05) is 0 Å². The van der Waals surface area contributed by atoms with Gasteiger partial charge in [-0.2, -0.15) is 18.2 Å². The molecule has 0 atom stereocenters. The molecule has 3 aromatic rings. The van der Waals surface area contributed by atoms with Crippen LogP contribution >= 0.6 is 22.9 Å². The number of benzene rings is 2. The predicted molar refractivity (Wildman–Crippen MR) is 93.8 cm³/mol. The van der Waals surface area contributed by atoms with E-state index in [1.165, 1.54) is 30.3 Å². The first kappa shape index (κ1) is 19.1. The molecule has 27 heavy (non-hydrogen) atoms. The fraction of sp³-hybridized carbons (Fsp3) is 0.118. The highest BCUT2D eigenvalue weighted by Crippen LogP contribution is 2.36. The van der Waals surface area contributed by atoms with E-state index in [4.69, 9.17) is 16.7 Å². The van der Waals surface area contributed by atoms with Crippen molar-refractivity contribution in [1.29, 1.82) is 0 Å². The summed E-state index contributed by atoms with van der Waals surface area (Å²) >= 11 is 6.43. The largest absolute Gasteiger partial charge is 0.480 e. The molecule has 0 saturated carbocycles. The Bertz CT molecular complexity index is 1120. The molecular formula is C17H10ClF3N2O3S. The second-order valence-electron chi connectivity index (χ2n) is 5.44. The number of carboxylic acids is 1. The average Bonchev–Trinajstić information content (AvgIpc) is 2.90. The summed E-state index contributed by atoms with van der Waals surface area (Å²) in [5.41, 5.74) is -0.742. The van der Waals surface area contributed by atoms with Crippen LogP contribution in [0.2, 0.25) is 5.02 Å². The second kappa shape index (κ2) is 7.16. The highest BCUT2D eigenvalue weighted by molar-refractivity contribution is 7.16. The molecule has 0 saturated heterocycles. The van der Waals surface area contributed by atoms with E-state index in [0.29, 0.717) is 16.4 Å². The van der Waals surface area contributed by atoms with Crippen LogP contribution in [0.5, 0.6) is 0 Å². The molecule has 0 aliphatic heterocycles. The smallest absolute Gasteiger partial charge is 0.417 e. The van der Waals surface area contributed by atoms with Crippen LogP contribution < -0.4 is 4.80 Å². The van der Waals surface area contributed by atoms with E-state index in [2.05, 4.69) is 4.99 Å². The monoisotopic (exact) mass is 414 g/mol. The van der Waals surface area contributed by atoms with Gasteiger partial charge in [0.05, 0.1) is 15.8 Å². The van der Waals surface area contributed by atoms with Crippen LogP contribution in [0, 0.1) is 0 Å². The molecule has 0 bridgehead atoms. The molecule has 1 heterocycles. The maximum absolute atomic E-state index is 13.3. The van der Waals surface area contributed by atoms with Gasteiger partial charge >= 0.3 is 12.1 Å². The highest BCUT2D eigenvalue weighted by atomic mass is 35.5. The van der Waals surface area contributed by atoms with Gasteiger partial charge < -0.3 is 9.67 Å². The number of carboxylic acid groups (broad SMARTS) is 1. The van der Waals surface area contributed by atoms with Gasteiger partial charge in [-0.3, -0.25) is 9.59 Å². The number of fused-ring (bicyclic) bond motifs is 1. The molecule has 1 amide bonds. The lowest BCUT2D eigenvalue weighted by molar-refractivity contribution is -0.137. The maximum atomic E-state index is 13.3. The molecule has 1 N–H and O–H groups in total. The van der Waals surface area contributed by atoms with Crippen LogP contribution in [0.25, 0.3) is 10.2 Å². The Kier molecular flexibility index (Phi) is 5.07. The number of hydrogen-bond acceptors (Lipinski definition) is 3. The Hall–Kier alpha value is -2.65. The lowest BCUT2D eigenvalue weighted by Gasteiger charge is -2.07. The molecule has 0 fully saturated rings. The minimum absolute atomic E-state index is 0.0369. The zero-order valence-electron chi connectivity index (χ0n) is 13.3. The normalized spacial score (nSPS) is 12.5. The number of carbonyl (C=O) groups excluding carboxylic acids is 1. The first-order valence-electron chi connectivity index (χ1n) is 7.43. The third-order valence-corrected chi connectivity index (χ3v) is 4.94.